The predicted octanol–water partition coefficient (Wildman–Crippen LogP) is 4.61. The highest BCUT2D eigenvalue weighted by Gasteiger charge is 2.08. The Labute approximate surface area is 107 Å². The number of hydrogen-bond donors (Lipinski definition) is 1. The van der Waals surface area contributed by atoms with Crippen LogP contribution < -0.4 is 5.32 Å². The standard InChI is InChI=1S/C13H17Cl2N/c1-4-16-13(7-9(2)3)10-5-6-11(14)12(15)8-10/h5-8,13,16H,4H2,1-3H3. The lowest BCUT2D eigenvalue weighted by Gasteiger charge is -2.15. The molecule has 1 atom stereocenters. The van der Waals surface area contributed by atoms with E-state index in [0.29, 0.717) is 10.0 Å². The number of hydrogen-bond acceptors (Lipinski definition) is 1. The van der Waals surface area contributed by atoms with Gasteiger partial charge in [0.05, 0.1) is 16.1 Å². The van der Waals surface area contributed by atoms with Crippen molar-refractivity contribution in [2.75, 3.05) is 6.54 Å². The molecule has 1 aromatic carbocycles. The van der Waals surface area contributed by atoms with Crippen molar-refractivity contribution >= 4 is 23.2 Å². The first kappa shape index (κ1) is 13.6. The predicted molar refractivity (Wildman–Crippen MR) is 72.3 cm³/mol. The van der Waals surface area contributed by atoms with Gasteiger partial charge in [-0.25, -0.2) is 0 Å². The van der Waals surface area contributed by atoms with Crippen molar-refractivity contribution in [1.82, 2.24) is 5.32 Å². The Morgan fingerprint density at radius 2 is 2.00 bits per heavy atom. The molecule has 0 fully saturated rings. The molecule has 0 bridgehead atoms. The molecule has 1 N–H and O–H groups in total. The third kappa shape index (κ3) is 3.82. The second kappa shape index (κ2) is 6.29. The minimum atomic E-state index is 0.199. The van der Waals surface area contributed by atoms with Crippen molar-refractivity contribution in [2.45, 2.75) is 26.8 Å². The minimum Gasteiger partial charge on any atom is -0.307 e. The summed E-state index contributed by atoms with van der Waals surface area (Å²) < 4.78 is 0. The van der Waals surface area contributed by atoms with Gasteiger partial charge >= 0.3 is 0 Å². The highest BCUT2D eigenvalue weighted by Crippen LogP contribution is 2.26. The lowest BCUT2D eigenvalue weighted by Crippen LogP contribution is -2.19. The topological polar surface area (TPSA) is 12.0 Å². The molecular formula is C13H17Cl2N. The van der Waals surface area contributed by atoms with E-state index in [9.17, 15) is 0 Å². The van der Waals surface area contributed by atoms with Gasteiger partial charge in [-0.05, 0) is 38.1 Å². The fourth-order valence-corrected chi connectivity index (χ4v) is 1.84. The highest BCUT2D eigenvalue weighted by molar-refractivity contribution is 6.42. The van der Waals surface area contributed by atoms with Crippen molar-refractivity contribution in [3.8, 4) is 0 Å². The Hall–Kier alpha value is -0.500. The van der Waals surface area contributed by atoms with E-state index in [-0.39, 0.29) is 6.04 Å². The molecule has 1 nitrogen and oxygen atoms in total. The minimum absolute atomic E-state index is 0.199. The van der Waals surface area contributed by atoms with Crippen LogP contribution in [-0.2, 0) is 0 Å². The maximum atomic E-state index is 6.01. The van der Waals surface area contributed by atoms with Crippen molar-refractivity contribution < 1.29 is 0 Å². The van der Waals surface area contributed by atoms with Gasteiger partial charge in [-0.2, -0.15) is 0 Å². The number of benzene rings is 1. The van der Waals surface area contributed by atoms with E-state index in [4.69, 9.17) is 23.2 Å². The zero-order valence-electron chi connectivity index (χ0n) is 9.85. The van der Waals surface area contributed by atoms with E-state index in [1.165, 1.54) is 5.57 Å². The monoisotopic (exact) mass is 257 g/mol. The van der Waals surface area contributed by atoms with E-state index in [0.717, 1.165) is 12.1 Å². The molecule has 0 saturated heterocycles. The van der Waals surface area contributed by atoms with Gasteiger partial charge in [0, 0.05) is 0 Å². The Morgan fingerprint density at radius 1 is 1.31 bits per heavy atom. The maximum absolute atomic E-state index is 6.01. The smallest absolute Gasteiger partial charge is 0.0595 e. The molecular weight excluding hydrogens is 241 g/mol. The average Bonchev–Trinajstić information content (AvgIpc) is 2.21. The molecule has 3 heteroatoms. The van der Waals surface area contributed by atoms with Gasteiger partial charge in [0.1, 0.15) is 0 Å². The zero-order chi connectivity index (χ0) is 12.1. The molecule has 1 rings (SSSR count). The van der Waals surface area contributed by atoms with Crippen LogP contribution in [0.5, 0.6) is 0 Å². The number of rotatable bonds is 4. The molecule has 0 amide bonds. The summed E-state index contributed by atoms with van der Waals surface area (Å²) in [6.07, 6.45) is 2.18. The Balaban J connectivity index is 3.01. The second-order valence-electron chi connectivity index (χ2n) is 3.95. The van der Waals surface area contributed by atoms with Crippen LogP contribution >= 0.6 is 23.2 Å². The van der Waals surface area contributed by atoms with Crippen LogP contribution in [0.25, 0.3) is 0 Å². The number of likely N-dealkylation sites (N-methyl/N-ethyl adjacent to an activating group) is 1. The van der Waals surface area contributed by atoms with Gasteiger partial charge < -0.3 is 5.32 Å². The summed E-state index contributed by atoms with van der Waals surface area (Å²) in [5.41, 5.74) is 2.41. The summed E-state index contributed by atoms with van der Waals surface area (Å²) in [5, 5.41) is 4.60. The molecule has 88 valence electrons. The van der Waals surface area contributed by atoms with Crippen LogP contribution in [0.4, 0.5) is 0 Å². The lowest BCUT2D eigenvalue weighted by molar-refractivity contribution is 0.645. The van der Waals surface area contributed by atoms with E-state index < -0.39 is 0 Å². The molecule has 0 aliphatic rings. The zero-order valence-corrected chi connectivity index (χ0v) is 11.4. The van der Waals surface area contributed by atoms with Crippen LogP contribution in [0, 0.1) is 0 Å². The summed E-state index contributed by atoms with van der Waals surface area (Å²) >= 11 is 11.9. The molecule has 0 aromatic heterocycles. The van der Waals surface area contributed by atoms with Gasteiger partial charge in [0.15, 0.2) is 0 Å². The first-order chi connectivity index (χ1) is 7.54. The third-order valence-electron chi connectivity index (χ3n) is 2.23. The summed E-state index contributed by atoms with van der Waals surface area (Å²) in [6, 6.07) is 5.95. The number of allylic oxidation sites excluding steroid dienone is 1. The van der Waals surface area contributed by atoms with Crippen molar-refractivity contribution in [1.29, 1.82) is 0 Å². The molecule has 1 unspecified atom stereocenters. The molecule has 0 aliphatic carbocycles. The summed E-state index contributed by atoms with van der Waals surface area (Å²) in [7, 11) is 0. The number of halogens is 2. The van der Waals surface area contributed by atoms with Gasteiger partial charge in [0.25, 0.3) is 0 Å². The Kier molecular flexibility index (Phi) is 5.33. The molecule has 1 aromatic rings. The largest absolute Gasteiger partial charge is 0.307 e. The molecule has 0 spiro atoms. The summed E-state index contributed by atoms with van der Waals surface area (Å²) in [4.78, 5) is 0. The van der Waals surface area contributed by atoms with Crippen LogP contribution in [-0.4, -0.2) is 6.54 Å². The fraction of sp³-hybridized carbons (Fsp3) is 0.385. The van der Waals surface area contributed by atoms with E-state index in [2.05, 4.69) is 32.2 Å². The van der Waals surface area contributed by atoms with Gasteiger partial charge in [-0.3, -0.25) is 0 Å². The molecule has 0 aliphatic heterocycles. The van der Waals surface area contributed by atoms with Gasteiger partial charge in [-0.1, -0.05) is 47.8 Å². The maximum Gasteiger partial charge on any atom is 0.0595 e. The quantitative estimate of drug-likeness (QED) is 0.777. The fourth-order valence-electron chi connectivity index (χ4n) is 1.53. The molecule has 0 saturated carbocycles. The Bertz CT molecular complexity index is 382. The van der Waals surface area contributed by atoms with Crippen LogP contribution in [0.3, 0.4) is 0 Å². The van der Waals surface area contributed by atoms with Crippen molar-refractivity contribution in [2.24, 2.45) is 0 Å². The molecule has 16 heavy (non-hydrogen) atoms. The summed E-state index contributed by atoms with van der Waals surface area (Å²) in [6.45, 7) is 7.17. The van der Waals surface area contributed by atoms with Crippen LogP contribution in [0.1, 0.15) is 32.4 Å². The van der Waals surface area contributed by atoms with Crippen molar-refractivity contribution in [3.05, 3.63) is 45.5 Å². The van der Waals surface area contributed by atoms with E-state index in [1.807, 2.05) is 18.2 Å². The second-order valence-corrected chi connectivity index (χ2v) is 4.77. The average molecular weight is 258 g/mol. The number of nitrogens with one attached hydrogen (secondary N) is 1. The molecule has 0 heterocycles. The van der Waals surface area contributed by atoms with Crippen LogP contribution in [0.15, 0.2) is 29.8 Å². The first-order valence-corrected chi connectivity index (χ1v) is 6.13. The third-order valence-corrected chi connectivity index (χ3v) is 2.97. The summed E-state index contributed by atoms with van der Waals surface area (Å²) in [5.74, 6) is 0. The van der Waals surface area contributed by atoms with E-state index >= 15 is 0 Å². The molecule has 0 radical (unpaired) electrons. The SMILES string of the molecule is CCNC(C=C(C)C)c1ccc(Cl)c(Cl)c1. The highest BCUT2D eigenvalue weighted by atomic mass is 35.5. The Morgan fingerprint density at radius 3 is 2.50 bits per heavy atom. The first-order valence-electron chi connectivity index (χ1n) is 5.38. The van der Waals surface area contributed by atoms with Gasteiger partial charge in [0.2, 0.25) is 0 Å². The normalized spacial score (nSPS) is 12.3. The van der Waals surface area contributed by atoms with Crippen molar-refractivity contribution in [3.63, 3.8) is 0 Å². The van der Waals surface area contributed by atoms with Gasteiger partial charge in [-0.15, -0.1) is 0 Å². The lowest BCUT2D eigenvalue weighted by atomic mass is 10.0. The van der Waals surface area contributed by atoms with E-state index in [1.54, 1.807) is 0 Å². The van der Waals surface area contributed by atoms with Crippen LogP contribution in [0.2, 0.25) is 10.0 Å².